The second kappa shape index (κ2) is 4.51. The zero-order valence-electron chi connectivity index (χ0n) is 8.56. The van der Waals surface area contributed by atoms with Crippen LogP contribution in [-0.2, 0) is 9.59 Å². The highest BCUT2D eigenvalue weighted by atomic mass is 16.3. The predicted octanol–water partition coefficient (Wildman–Crippen LogP) is 1.11. The van der Waals surface area contributed by atoms with Crippen LogP contribution >= 0.6 is 0 Å². The summed E-state index contributed by atoms with van der Waals surface area (Å²) >= 11 is 0. The fourth-order valence-electron chi connectivity index (χ4n) is 1.99. The van der Waals surface area contributed by atoms with Gasteiger partial charge in [0, 0.05) is 0 Å². The van der Waals surface area contributed by atoms with Crippen LogP contribution < -0.4 is 0 Å². The summed E-state index contributed by atoms with van der Waals surface area (Å²) in [5.41, 5.74) is 0. The van der Waals surface area contributed by atoms with Crippen molar-refractivity contribution >= 4 is 11.6 Å². The van der Waals surface area contributed by atoms with Crippen LogP contribution in [0.25, 0.3) is 0 Å². The number of Topliss-reactive ketones (excluding diaryl/α,β-unsaturated/α-hetero) is 2. The molecule has 1 aliphatic carbocycles. The van der Waals surface area contributed by atoms with Gasteiger partial charge in [0.1, 0.15) is 11.6 Å². The van der Waals surface area contributed by atoms with E-state index in [1.54, 1.807) is 12.2 Å². The summed E-state index contributed by atoms with van der Waals surface area (Å²) in [6.45, 7) is 2.90. The van der Waals surface area contributed by atoms with Crippen molar-refractivity contribution in [1.29, 1.82) is 0 Å². The van der Waals surface area contributed by atoms with Gasteiger partial charge in [0.25, 0.3) is 0 Å². The average Bonchev–Trinajstić information content (AvgIpc) is 2.07. The summed E-state index contributed by atoms with van der Waals surface area (Å²) in [5, 5.41) is 9.23. The maximum Gasteiger partial charge on any atom is 0.140 e. The van der Waals surface area contributed by atoms with Gasteiger partial charge in [-0.05, 0) is 32.6 Å². The van der Waals surface area contributed by atoms with Gasteiger partial charge in [-0.1, -0.05) is 12.2 Å². The molecule has 0 aliphatic heterocycles. The summed E-state index contributed by atoms with van der Waals surface area (Å²) in [6, 6.07) is 0. The zero-order valence-corrected chi connectivity index (χ0v) is 8.56. The minimum atomic E-state index is -0.515. The van der Waals surface area contributed by atoms with Crippen molar-refractivity contribution < 1.29 is 14.7 Å². The first-order valence-corrected chi connectivity index (χ1v) is 4.89. The molecule has 0 fully saturated rings. The fourth-order valence-corrected chi connectivity index (χ4v) is 1.99. The summed E-state index contributed by atoms with van der Waals surface area (Å²) < 4.78 is 0. The Kier molecular flexibility index (Phi) is 3.58. The van der Waals surface area contributed by atoms with Gasteiger partial charge in [-0.2, -0.15) is 0 Å². The Labute approximate surface area is 83.8 Å². The van der Waals surface area contributed by atoms with Crippen LogP contribution in [0.5, 0.6) is 0 Å². The van der Waals surface area contributed by atoms with Crippen molar-refractivity contribution in [3.8, 4) is 0 Å². The van der Waals surface area contributed by atoms with Gasteiger partial charge in [0.15, 0.2) is 0 Å². The van der Waals surface area contributed by atoms with Gasteiger partial charge in [-0.3, -0.25) is 9.59 Å². The molecule has 3 heteroatoms. The minimum absolute atomic E-state index is 0.0200. The number of aliphatic hydroxyl groups is 1. The lowest BCUT2D eigenvalue weighted by atomic mass is 9.80. The number of hydrogen-bond acceptors (Lipinski definition) is 3. The van der Waals surface area contributed by atoms with E-state index in [9.17, 15) is 14.7 Å². The van der Waals surface area contributed by atoms with Crippen LogP contribution in [0.1, 0.15) is 26.7 Å². The van der Waals surface area contributed by atoms with Crippen LogP contribution in [0.4, 0.5) is 0 Å². The monoisotopic (exact) mass is 196 g/mol. The number of aliphatic hydroxyl groups excluding tert-OH is 1. The molecule has 1 N–H and O–H groups in total. The van der Waals surface area contributed by atoms with Crippen molar-refractivity contribution in [3.63, 3.8) is 0 Å². The lowest BCUT2D eigenvalue weighted by Gasteiger charge is -2.24. The van der Waals surface area contributed by atoms with Crippen molar-refractivity contribution in [3.05, 3.63) is 12.2 Å². The van der Waals surface area contributed by atoms with E-state index in [-0.39, 0.29) is 17.5 Å². The SMILES string of the molecule is CC(=O)C(C(C)=O)[C@H]1C=C[C@@H](O)CC1. The Morgan fingerprint density at radius 1 is 1.21 bits per heavy atom. The molecule has 0 aromatic carbocycles. The highest BCUT2D eigenvalue weighted by Crippen LogP contribution is 2.26. The normalized spacial score (nSPS) is 26.6. The molecule has 1 rings (SSSR count). The van der Waals surface area contributed by atoms with Crippen LogP contribution in [-0.4, -0.2) is 22.8 Å². The first kappa shape index (κ1) is 11.1. The Hall–Kier alpha value is -0.960. The first-order chi connectivity index (χ1) is 6.52. The molecule has 3 nitrogen and oxygen atoms in total. The molecule has 0 amide bonds. The van der Waals surface area contributed by atoms with Crippen LogP contribution in [0.3, 0.4) is 0 Å². The highest BCUT2D eigenvalue weighted by Gasteiger charge is 2.29. The standard InChI is InChI=1S/C11H16O3/c1-7(12)11(8(2)13)9-3-5-10(14)6-4-9/h3,5,9-11,14H,4,6H2,1-2H3/t9-,10+/m0/s1. The molecule has 0 saturated heterocycles. The number of rotatable bonds is 3. The van der Waals surface area contributed by atoms with E-state index in [1.165, 1.54) is 13.8 Å². The molecule has 0 spiro atoms. The van der Waals surface area contributed by atoms with E-state index in [4.69, 9.17) is 0 Å². The van der Waals surface area contributed by atoms with E-state index in [0.29, 0.717) is 12.8 Å². The molecule has 1 aliphatic rings. The molecule has 14 heavy (non-hydrogen) atoms. The molecule has 0 aromatic rings. The zero-order chi connectivity index (χ0) is 10.7. The Balaban J connectivity index is 2.75. The number of allylic oxidation sites excluding steroid dienone is 1. The van der Waals surface area contributed by atoms with Gasteiger partial charge in [-0.15, -0.1) is 0 Å². The van der Waals surface area contributed by atoms with E-state index in [2.05, 4.69) is 0 Å². The number of hydrogen-bond donors (Lipinski definition) is 1. The Morgan fingerprint density at radius 3 is 2.14 bits per heavy atom. The van der Waals surface area contributed by atoms with Crippen LogP contribution in [0.15, 0.2) is 12.2 Å². The van der Waals surface area contributed by atoms with Crippen molar-refractivity contribution in [1.82, 2.24) is 0 Å². The summed E-state index contributed by atoms with van der Waals surface area (Å²) in [5.74, 6) is -0.695. The second-order valence-corrected chi connectivity index (χ2v) is 3.89. The lowest BCUT2D eigenvalue weighted by Crippen LogP contribution is -2.29. The largest absolute Gasteiger partial charge is 0.389 e. The van der Waals surface area contributed by atoms with Crippen molar-refractivity contribution in [2.24, 2.45) is 11.8 Å². The van der Waals surface area contributed by atoms with Gasteiger partial charge >= 0.3 is 0 Å². The smallest absolute Gasteiger partial charge is 0.140 e. The molecule has 0 unspecified atom stereocenters. The third-order valence-corrected chi connectivity index (χ3v) is 2.68. The molecular weight excluding hydrogens is 180 g/mol. The summed E-state index contributed by atoms with van der Waals surface area (Å²) in [6.07, 6.45) is 4.40. The van der Waals surface area contributed by atoms with Crippen molar-refractivity contribution in [2.45, 2.75) is 32.8 Å². The fraction of sp³-hybridized carbons (Fsp3) is 0.636. The molecule has 0 radical (unpaired) electrons. The topological polar surface area (TPSA) is 54.4 Å². The molecular formula is C11H16O3. The van der Waals surface area contributed by atoms with E-state index < -0.39 is 12.0 Å². The maximum absolute atomic E-state index is 11.2. The Bertz CT molecular complexity index is 254. The predicted molar refractivity (Wildman–Crippen MR) is 52.7 cm³/mol. The summed E-state index contributed by atoms with van der Waals surface area (Å²) in [7, 11) is 0. The minimum Gasteiger partial charge on any atom is -0.389 e. The molecule has 0 bridgehead atoms. The number of carbonyl (C=O) groups excluding carboxylic acids is 2. The average molecular weight is 196 g/mol. The third-order valence-electron chi connectivity index (χ3n) is 2.68. The summed E-state index contributed by atoms with van der Waals surface area (Å²) in [4.78, 5) is 22.5. The Morgan fingerprint density at radius 2 is 1.79 bits per heavy atom. The quantitative estimate of drug-likeness (QED) is 0.543. The van der Waals surface area contributed by atoms with E-state index in [0.717, 1.165) is 0 Å². The van der Waals surface area contributed by atoms with Gasteiger partial charge in [0.2, 0.25) is 0 Å². The highest BCUT2D eigenvalue weighted by molar-refractivity contribution is 6.00. The second-order valence-electron chi connectivity index (χ2n) is 3.89. The number of ketones is 2. The van der Waals surface area contributed by atoms with Crippen LogP contribution in [0, 0.1) is 11.8 Å². The van der Waals surface area contributed by atoms with Gasteiger partial charge in [-0.25, -0.2) is 0 Å². The first-order valence-electron chi connectivity index (χ1n) is 4.89. The lowest BCUT2D eigenvalue weighted by molar-refractivity contribution is -0.132. The van der Waals surface area contributed by atoms with Gasteiger partial charge in [0.05, 0.1) is 12.0 Å². The number of carbonyl (C=O) groups is 2. The molecule has 0 aromatic heterocycles. The molecule has 2 atom stereocenters. The third kappa shape index (κ3) is 2.51. The molecule has 0 heterocycles. The van der Waals surface area contributed by atoms with Crippen LogP contribution in [0.2, 0.25) is 0 Å². The van der Waals surface area contributed by atoms with Gasteiger partial charge < -0.3 is 5.11 Å². The molecule has 78 valence electrons. The van der Waals surface area contributed by atoms with Crippen molar-refractivity contribution in [2.75, 3.05) is 0 Å². The molecule has 0 saturated carbocycles. The maximum atomic E-state index is 11.2. The van der Waals surface area contributed by atoms with E-state index in [1.807, 2.05) is 0 Å². The van der Waals surface area contributed by atoms with E-state index >= 15 is 0 Å².